The van der Waals surface area contributed by atoms with Gasteiger partial charge in [0.1, 0.15) is 5.82 Å². The second-order valence-corrected chi connectivity index (χ2v) is 6.08. The van der Waals surface area contributed by atoms with Crippen LogP contribution in [0.4, 0.5) is 4.39 Å². The number of halogens is 2. The van der Waals surface area contributed by atoms with E-state index in [4.69, 9.17) is 9.47 Å². The first-order valence-corrected chi connectivity index (χ1v) is 8.29. The molecule has 0 saturated heterocycles. The van der Waals surface area contributed by atoms with Gasteiger partial charge in [-0.2, -0.15) is 0 Å². The van der Waals surface area contributed by atoms with Gasteiger partial charge in [0.05, 0.1) is 18.2 Å². The van der Waals surface area contributed by atoms with Crippen LogP contribution in [0.5, 0.6) is 11.5 Å². The Kier molecular flexibility index (Phi) is 6.42. The maximum Gasteiger partial charge on any atom is 0.174 e. The molecule has 0 fully saturated rings. The first kappa shape index (κ1) is 17.8. The van der Waals surface area contributed by atoms with Gasteiger partial charge in [-0.05, 0) is 64.7 Å². The third-order valence-corrected chi connectivity index (χ3v) is 4.04. The summed E-state index contributed by atoms with van der Waals surface area (Å²) in [6.45, 7) is 5.64. The molecule has 2 rings (SSSR count). The summed E-state index contributed by atoms with van der Waals surface area (Å²) in [6.07, 6.45) is 0. The van der Waals surface area contributed by atoms with Crippen molar-refractivity contribution in [2.24, 2.45) is 0 Å². The Morgan fingerprint density at radius 3 is 2.52 bits per heavy atom. The van der Waals surface area contributed by atoms with Crippen LogP contribution in [0.1, 0.15) is 23.6 Å². The molecule has 23 heavy (non-hydrogen) atoms. The molecule has 0 heterocycles. The van der Waals surface area contributed by atoms with E-state index in [1.807, 2.05) is 25.1 Å². The quantitative estimate of drug-likeness (QED) is 0.760. The van der Waals surface area contributed by atoms with E-state index in [-0.39, 0.29) is 5.82 Å². The molecular weight excluding hydrogens is 361 g/mol. The lowest BCUT2D eigenvalue weighted by molar-refractivity contribution is 0.309. The van der Waals surface area contributed by atoms with E-state index in [0.29, 0.717) is 31.0 Å². The van der Waals surface area contributed by atoms with Crippen molar-refractivity contribution in [2.45, 2.75) is 26.9 Å². The summed E-state index contributed by atoms with van der Waals surface area (Å²) in [5, 5.41) is 3.36. The van der Waals surface area contributed by atoms with Crippen LogP contribution in [-0.2, 0) is 13.1 Å². The number of hydrogen-bond acceptors (Lipinski definition) is 3. The van der Waals surface area contributed by atoms with E-state index >= 15 is 0 Å². The summed E-state index contributed by atoms with van der Waals surface area (Å²) in [7, 11) is 1.62. The van der Waals surface area contributed by atoms with Crippen LogP contribution in [0.3, 0.4) is 0 Å². The zero-order chi connectivity index (χ0) is 16.8. The lowest BCUT2D eigenvalue weighted by atomic mass is 10.1. The number of nitrogens with one attached hydrogen (secondary N) is 1. The molecule has 0 aliphatic rings. The number of hydrogen-bond donors (Lipinski definition) is 1. The first-order chi connectivity index (χ1) is 11.0. The molecule has 0 aliphatic carbocycles. The maximum atomic E-state index is 13.3. The third kappa shape index (κ3) is 4.69. The molecule has 0 amide bonds. The van der Waals surface area contributed by atoms with Crippen molar-refractivity contribution in [1.82, 2.24) is 5.32 Å². The molecule has 3 nitrogen and oxygen atoms in total. The summed E-state index contributed by atoms with van der Waals surface area (Å²) in [4.78, 5) is 0. The van der Waals surface area contributed by atoms with Crippen LogP contribution in [0.2, 0.25) is 0 Å². The predicted octanol–water partition coefficient (Wildman–Crippen LogP) is 4.59. The van der Waals surface area contributed by atoms with E-state index in [9.17, 15) is 4.39 Å². The van der Waals surface area contributed by atoms with E-state index < -0.39 is 0 Å². The smallest absolute Gasteiger partial charge is 0.174 e. The fraction of sp³-hybridized carbons (Fsp3) is 0.333. The van der Waals surface area contributed by atoms with Crippen molar-refractivity contribution in [2.75, 3.05) is 13.7 Å². The minimum Gasteiger partial charge on any atom is -0.492 e. The van der Waals surface area contributed by atoms with Crippen molar-refractivity contribution in [1.29, 1.82) is 0 Å². The Labute approximate surface area is 144 Å². The van der Waals surface area contributed by atoms with E-state index in [1.54, 1.807) is 20.1 Å². The van der Waals surface area contributed by atoms with Crippen molar-refractivity contribution in [3.8, 4) is 11.5 Å². The molecule has 124 valence electrons. The van der Waals surface area contributed by atoms with Crippen LogP contribution < -0.4 is 14.8 Å². The third-order valence-electron chi connectivity index (χ3n) is 3.45. The predicted molar refractivity (Wildman–Crippen MR) is 93.5 cm³/mol. The minimum atomic E-state index is -0.172. The van der Waals surface area contributed by atoms with Gasteiger partial charge >= 0.3 is 0 Å². The van der Waals surface area contributed by atoms with Crippen LogP contribution in [-0.4, -0.2) is 13.7 Å². The van der Waals surface area contributed by atoms with E-state index in [0.717, 1.165) is 21.3 Å². The van der Waals surface area contributed by atoms with Crippen LogP contribution in [0.25, 0.3) is 0 Å². The van der Waals surface area contributed by atoms with Gasteiger partial charge in [-0.3, -0.25) is 0 Å². The van der Waals surface area contributed by atoms with Crippen LogP contribution in [0, 0.1) is 12.7 Å². The molecule has 1 N–H and O–H groups in total. The topological polar surface area (TPSA) is 30.5 Å². The number of benzene rings is 2. The highest BCUT2D eigenvalue weighted by Gasteiger charge is 2.11. The number of ether oxygens (including phenoxy) is 2. The minimum absolute atomic E-state index is 0.172. The Bertz CT molecular complexity index is 676. The number of methoxy groups -OCH3 is 1. The second-order valence-electron chi connectivity index (χ2n) is 5.23. The summed E-state index contributed by atoms with van der Waals surface area (Å²) in [6, 6.07) is 9.13. The number of aryl methyl sites for hydroxylation is 1. The summed E-state index contributed by atoms with van der Waals surface area (Å²) < 4.78 is 25.1. The monoisotopic (exact) mass is 381 g/mol. The highest BCUT2D eigenvalue weighted by atomic mass is 79.9. The summed E-state index contributed by atoms with van der Waals surface area (Å²) in [5.41, 5.74) is 2.80. The Morgan fingerprint density at radius 2 is 1.87 bits per heavy atom. The van der Waals surface area contributed by atoms with Gasteiger partial charge < -0.3 is 14.8 Å². The normalized spacial score (nSPS) is 10.7. The van der Waals surface area contributed by atoms with Crippen molar-refractivity contribution >= 4 is 15.9 Å². The molecule has 0 aromatic heterocycles. The molecule has 5 heteroatoms. The van der Waals surface area contributed by atoms with Crippen LogP contribution >= 0.6 is 15.9 Å². The fourth-order valence-electron chi connectivity index (χ4n) is 2.35. The van der Waals surface area contributed by atoms with Gasteiger partial charge in [-0.1, -0.05) is 12.1 Å². The summed E-state index contributed by atoms with van der Waals surface area (Å²) in [5.74, 6) is 1.25. The first-order valence-electron chi connectivity index (χ1n) is 7.50. The zero-order valence-electron chi connectivity index (χ0n) is 13.6. The Morgan fingerprint density at radius 1 is 1.13 bits per heavy atom. The van der Waals surface area contributed by atoms with Crippen molar-refractivity contribution < 1.29 is 13.9 Å². The maximum absolute atomic E-state index is 13.3. The molecule has 2 aromatic carbocycles. The van der Waals surface area contributed by atoms with Gasteiger partial charge in [-0.15, -0.1) is 0 Å². The molecular formula is C18H21BrFNO2. The molecule has 2 aromatic rings. The average molecular weight is 382 g/mol. The van der Waals surface area contributed by atoms with Gasteiger partial charge in [0.25, 0.3) is 0 Å². The molecule has 0 bridgehead atoms. The largest absolute Gasteiger partial charge is 0.492 e. The summed E-state index contributed by atoms with van der Waals surface area (Å²) >= 11 is 3.51. The van der Waals surface area contributed by atoms with Crippen molar-refractivity contribution in [3.63, 3.8) is 0 Å². The lowest BCUT2D eigenvalue weighted by Crippen LogP contribution is -2.13. The molecule has 0 radical (unpaired) electrons. The Hall–Kier alpha value is -1.59. The molecule has 0 saturated carbocycles. The van der Waals surface area contributed by atoms with Crippen molar-refractivity contribution in [3.05, 3.63) is 57.3 Å². The average Bonchev–Trinajstić information content (AvgIpc) is 2.51. The molecule has 0 spiro atoms. The van der Waals surface area contributed by atoms with E-state index in [2.05, 4.69) is 21.2 Å². The molecule has 0 atom stereocenters. The second kappa shape index (κ2) is 8.31. The lowest BCUT2D eigenvalue weighted by Gasteiger charge is -2.14. The Balaban J connectivity index is 2.03. The zero-order valence-corrected chi connectivity index (χ0v) is 15.2. The highest BCUT2D eigenvalue weighted by molar-refractivity contribution is 9.10. The SMILES string of the molecule is CCOc1cc(CNCc2ccc(F)c(C)c2)cc(Br)c1OC. The van der Waals surface area contributed by atoms with Gasteiger partial charge in [0, 0.05) is 13.1 Å². The van der Waals surface area contributed by atoms with Gasteiger partial charge in [0.2, 0.25) is 0 Å². The fourth-order valence-corrected chi connectivity index (χ4v) is 3.00. The van der Waals surface area contributed by atoms with E-state index in [1.165, 1.54) is 6.07 Å². The molecule has 0 unspecified atom stereocenters. The highest BCUT2D eigenvalue weighted by Crippen LogP contribution is 2.36. The standard InChI is InChI=1S/C18H21BrFNO2/c1-4-23-17-9-14(8-15(19)18(17)22-3)11-21-10-13-5-6-16(20)12(2)7-13/h5-9,21H,4,10-11H2,1-3H3. The number of rotatable bonds is 7. The van der Waals surface area contributed by atoms with Gasteiger partial charge in [-0.25, -0.2) is 4.39 Å². The van der Waals surface area contributed by atoms with Gasteiger partial charge in [0.15, 0.2) is 11.5 Å². The molecule has 0 aliphatic heterocycles. The van der Waals surface area contributed by atoms with Crippen LogP contribution in [0.15, 0.2) is 34.8 Å².